The third kappa shape index (κ3) is 6.22. The summed E-state index contributed by atoms with van der Waals surface area (Å²) in [5.41, 5.74) is 11.2. The van der Waals surface area contributed by atoms with E-state index in [1.165, 1.54) is 49.8 Å². The van der Waals surface area contributed by atoms with Crippen molar-refractivity contribution < 1.29 is 4.74 Å². The van der Waals surface area contributed by atoms with Gasteiger partial charge in [0.1, 0.15) is 6.34 Å². The van der Waals surface area contributed by atoms with E-state index in [1.807, 2.05) is 0 Å². The number of ether oxygens (including phenoxy) is 1. The SMILES string of the molecule is C1=CN(C2(N3CCOCC3)C(N3CCSCC3)(N3CCNC3)N(N3C=NCC3)N(N3CCCN3)S(N3CCCCC3)(N3CCNCC3)(N3CC=CN3)(N3CCc4ccccc43)C2(C2CC3CCN2CC3)N2CCCC2)CC1. The third-order valence-electron chi connectivity index (χ3n) is 21.6. The molecule has 0 aromatic heterocycles. The van der Waals surface area contributed by atoms with E-state index in [2.05, 4.69) is 155 Å². The van der Waals surface area contributed by atoms with Crippen molar-refractivity contribution in [3.05, 3.63) is 54.4 Å². The summed E-state index contributed by atoms with van der Waals surface area (Å²) in [5, 5.41) is 17.0. The average molecular weight is 1100 g/mol. The summed E-state index contributed by atoms with van der Waals surface area (Å²) in [5.74, 6) is 1.99. The summed E-state index contributed by atoms with van der Waals surface area (Å²) in [4.78, 5) is 23.9. The van der Waals surface area contributed by atoms with Crippen LogP contribution in [0.5, 0.6) is 0 Å². The van der Waals surface area contributed by atoms with E-state index in [0.717, 1.165) is 201 Å². The zero-order valence-electron chi connectivity index (χ0n) is 46.4. The molecular formula is C55H93N19OS2. The van der Waals surface area contributed by atoms with E-state index < -0.39 is 25.5 Å². The maximum atomic E-state index is 6.85. The van der Waals surface area contributed by atoms with Crippen LogP contribution in [0, 0.1) is 5.92 Å². The predicted molar refractivity (Wildman–Crippen MR) is 310 cm³/mol. The maximum absolute atomic E-state index is 6.85. The van der Waals surface area contributed by atoms with Gasteiger partial charge in [-0.15, -0.1) is 4.41 Å². The van der Waals surface area contributed by atoms with Crippen molar-refractivity contribution in [2.45, 2.75) is 93.0 Å². The lowest BCUT2D eigenvalue weighted by atomic mass is 9.71. The van der Waals surface area contributed by atoms with E-state index in [0.29, 0.717) is 19.1 Å². The molecule has 0 aliphatic carbocycles. The molecule has 20 nitrogen and oxygen atoms in total. The molecule has 0 amide bonds. The van der Waals surface area contributed by atoms with Crippen LogP contribution in [0.4, 0.5) is 5.69 Å². The molecular weight excluding hydrogens is 1010 g/mol. The van der Waals surface area contributed by atoms with Crippen LogP contribution in [0.3, 0.4) is 0 Å². The third-order valence-corrected chi connectivity index (χ3v) is 31.6. The van der Waals surface area contributed by atoms with Crippen molar-refractivity contribution >= 4 is 33.0 Å². The van der Waals surface area contributed by atoms with E-state index in [-0.39, 0.29) is 6.04 Å². The first kappa shape index (κ1) is 51.5. The van der Waals surface area contributed by atoms with E-state index in [4.69, 9.17) is 9.73 Å². The van der Waals surface area contributed by atoms with Gasteiger partial charge in [0.15, 0.2) is 10.5 Å². The first-order valence-corrected chi connectivity index (χ1v) is 34.3. The quantitative estimate of drug-likeness (QED) is 0.245. The molecule has 15 aliphatic rings. The fraction of sp³-hybridized carbons (Fsp3) is 0.800. The first-order chi connectivity index (χ1) is 38.2. The number of piperazine rings is 1. The van der Waals surface area contributed by atoms with Gasteiger partial charge < -0.3 is 30.0 Å². The molecule has 22 heteroatoms. The number of benzene rings is 1. The summed E-state index contributed by atoms with van der Waals surface area (Å²) in [6.45, 7) is 23.8. The molecule has 2 bridgehead atoms. The predicted octanol–water partition coefficient (Wildman–Crippen LogP) is 2.23. The van der Waals surface area contributed by atoms with Crippen LogP contribution < -0.4 is 25.8 Å². The van der Waals surface area contributed by atoms with Gasteiger partial charge in [-0.3, -0.25) is 34.5 Å². The van der Waals surface area contributed by atoms with Crippen LogP contribution in [-0.2, 0) is 11.2 Å². The van der Waals surface area contributed by atoms with Gasteiger partial charge in [0, 0.05) is 138 Å². The van der Waals surface area contributed by atoms with Gasteiger partial charge in [-0.1, -0.05) is 46.4 Å². The van der Waals surface area contributed by atoms with Gasteiger partial charge in [-0.2, -0.15) is 16.9 Å². The second-order valence-corrected chi connectivity index (χ2v) is 31.2. The number of piperidine rings is 4. The van der Waals surface area contributed by atoms with Crippen LogP contribution in [0.2, 0.25) is 0 Å². The van der Waals surface area contributed by atoms with Crippen LogP contribution in [0.25, 0.3) is 0 Å². The Labute approximate surface area is 463 Å². The second kappa shape index (κ2) is 19.9. The molecule has 1 aromatic rings. The normalized spacial score (nSPS) is 39.9. The molecule has 0 spiro atoms. The highest BCUT2D eigenvalue weighted by molar-refractivity contribution is 8.59. The van der Waals surface area contributed by atoms with Crippen LogP contribution >= 0.6 is 21.0 Å². The Kier molecular flexibility index (Phi) is 13.3. The van der Waals surface area contributed by atoms with Crippen LogP contribution in [0.1, 0.15) is 69.8 Å². The minimum absolute atomic E-state index is 0.132. The molecule has 1 aromatic carbocycles. The highest BCUT2D eigenvalue weighted by Crippen LogP contribution is 3.08. The second-order valence-electron chi connectivity index (χ2n) is 24.5. The number of thioether (sulfide) groups is 1. The lowest BCUT2D eigenvalue weighted by molar-refractivity contribution is -0.424. The van der Waals surface area contributed by atoms with Gasteiger partial charge in [0.25, 0.3) is 0 Å². The monoisotopic (exact) mass is 1100 g/mol. The number of hydrogen-bond acceptors (Lipinski definition) is 21. The molecule has 15 aliphatic heterocycles. The number of rotatable bonds is 12. The van der Waals surface area contributed by atoms with E-state index >= 15 is 0 Å². The highest BCUT2D eigenvalue weighted by Gasteiger charge is 3.04. The molecule has 77 heavy (non-hydrogen) atoms. The largest absolute Gasteiger partial charge is 0.379 e. The fourth-order valence-corrected chi connectivity index (χ4v) is 32.3. The lowest BCUT2D eigenvalue weighted by Crippen LogP contribution is -3.12. The van der Waals surface area contributed by atoms with E-state index in [1.54, 1.807) is 0 Å². The number of anilines is 1. The van der Waals surface area contributed by atoms with Gasteiger partial charge in [-0.05, 0) is 114 Å². The molecule has 11 saturated heterocycles. The standard InChI is InChI=1S/C55H93N19OS2/c1-4-27-68(28-5-1)77(72-30-11-18-60-72,69-36-21-56-22-37-69,70-33-16-50-12-2-3-13-51(50)70)53(62-23-6-7-24-62,52-46-49-14-31-61(52)32-15-49)54(63-25-8-9-26-63,64-38-42-75-43-39-64)55(66-34-19-57-47-66,65-40-44-76-45-41-65)73(67-35-20-58-48-67)74(77)71-29-10-17-59-71/h2-3,8,11-13,18,25,48-49,52,56-57,59-60H,1,4-7,9-10,14-17,19-24,26-47H2. The minimum atomic E-state index is -5.54. The zero-order valence-corrected chi connectivity index (χ0v) is 48.0. The molecule has 4 atom stereocenters. The number of fused-ring (bicyclic) bond motifs is 4. The van der Waals surface area contributed by atoms with Crippen LogP contribution in [-0.4, -0.2) is 273 Å². The molecule has 16 rings (SSSR count). The number of aliphatic imine (C=N–C) groups is 1. The van der Waals surface area contributed by atoms with Crippen molar-refractivity contribution in [1.29, 1.82) is 0 Å². The number of para-hydroxylation sites is 1. The Bertz CT molecular complexity index is 2360. The minimum Gasteiger partial charge on any atom is -0.379 e. The lowest BCUT2D eigenvalue weighted by Gasteiger charge is -3.06. The Morgan fingerprint density at radius 2 is 1.48 bits per heavy atom. The van der Waals surface area contributed by atoms with Gasteiger partial charge in [0.2, 0.25) is 5.79 Å². The van der Waals surface area contributed by atoms with Crippen molar-refractivity contribution in [2.24, 2.45) is 10.9 Å². The topological polar surface area (TPSA) is 115 Å². The number of morpholine rings is 1. The highest BCUT2D eigenvalue weighted by atomic mass is 32.4. The fourth-order valence-electron chi connectivity index (χ4n) is 19.5. The Morgan fingerprint density at radius 1 is 0.688 bits per heavy atom. The molecule has 0 radical (unpaired) electrons. The Hall–Kier alpha value is -2.33. The molecule has 4 N–H and O–H groups in total. The zero-order chi connectivity index (χ0) is 51.2. The Balaban J connectivity index is 1.30. The number of nitrogens with one attached hydrogen (secondary N) is 4. The number of hydrazine groups is 5. The van der Waals surface area contributed by atoms with E-state index in [9.17, 15) is 0 Å². The molecule has 15 heterocycles. The molecule has 426 valence electrons. The summed E-state index contributed by atoms with van der Waals surface area (Å²) >= 11 is 2.17. The van der Waals surface area contributed by atoms with Gasteiger partial charge in [0.05, 0.1) is 45.2 Å². The van der Waals surface area contributed by atoms with Crippen LogP contribution in [0.15, 0.2) is 53.8 Å². The molecule has 4 unspecified atom stereocenters. The summed E-state index contributed by atoms with van der Waals surface area (Å²) in [7, 11) is -5.54. The van der Waals surface area contributed by atoms with Crippen molar-refractivity contribution in [3.8, 4) is 0 Å². The number of likely N-dealkylation sites (tertiary alicyclic amines) is 1. The van der Waals surface area contributed by atoms with Crippen molar-refractivity contribution in [1.82, 2.24) is 83.7 Å². The van der Waals surface area contributed by atoms with Gasteiger partial charge >= 0.3 is 0 Å². The van der Waals surface area contributed by atoms with Crippen molar-refractivity contribution in [3.63, 3.8) is 0 Å². The smallest absolute Gasteiger partial charge is 0.207 e. The average Bonchev–Trinajstić information content (AvgIpc) is 2.20. The van der Waals surface area contributed by atoms with Gasteiger partial charge in [-0.25, -0.2) is 14.0 Å². The summed E-state index contributed by atoms with van der Waals surface area (Å²) in [6.07, 6.45) is 25.3. The molecule has 0 saturated carbocycles. The Morgan fingerprint density at radius 3 is 2.17 bits per heavy atom. The summed E-state index contributed by atoms with van der Waals surface area (Å²) < 4.78 is 23.4. The summed E-state index contributed by atoms with van der Waals surface area (Å²) in [6, 6.07) is 10.0. The number of hydrogen-bond donors (Lipinski definition) is 4. The number of nitrogens with zero attached hydrogens (tertiary/aromatic N) is 15. The maximum Gasteiger partial charge on any atom is 0.207 e. The molecule has 11 fully saturated rings. The van der Waals surface area contributed by atoms with Crippen molar-refractivity contribution in [2.75, 3.05) is 186 Å². The first-order valence-electron chi connectivity index (χ1n) is 30.9.